The molecule has 1 aromatic rings. The standard InChI is InChI=1S/C13H17NSi/c1-14-5-4-11-6-10(13-8-15-9-13)2-3-12(11)7-14/h2-3,6,13H,4-5,7-9H2,1H3. The average Bonchev–Trinajstić information content (AvgIpc) is 2.15. The molecule has 0 unspecified atom stereocenters. The Balaban J connectivity index is 1.88. The van der Waals surface area contributed by atoms with Crippen LogP contribution in [0.25, 0.3) is 0 Å². The normalized spacial score (nSPS) is 22.2. The molecule has 0 aliphatic carbocycles. The average molecular weight is 215 g/mol. The van der Waals surface area contributed by atoms with Crippen LogP contribution < -0.4 is 0 Å². The molecule has 2 heterocycles. The lowest BCUT2D eigenvalue weighted by molar-refractivity contribution is 0.313. The van der Waals surface area contributed by atoms with Crippen molar-refractivity contribution in [1.82, 2.24) is 4.90 Å². The number of hydrogen-bond donors (Lipinski definition) is 0. The summed E-state index contributed by atoms with van der Waals surface area (Å²) < 4.78 is 0. The molecule has 2 radical (unpaired) electrons. The third-order valence-corrected chi connectivity index (χ3v) is 5.25. The van der Waals surface area contributed by atoms with Crippen LogP contribution in [0.4, 0.5) is 0 Å². The Kier molecular flexibility index (Phi) is 2.41. The Labute approximate surface area is 94.3 Å². The molecule has 2 aliphatic rings. The molecule has 0 saturated carbocycles. The van der Waals surface area contributed by atoms with Gasteiger partial charge in [-0.25, -0.2) is 0 Å². The third kappa shape index (κ3) is 1.77. The predicted molar refractivity (Wildman–Crippen MR) is 64.6 cm³/mol. The molecule has 78 valence electrons. The monoisotopic (exact) mass is 215 g/mol. The lowest BCUT2D eigenvalue weighted by Gasteiger charge is -2.29. The minimum absolute atomic E-state index is 0.897. The van der Waals surface area contributed by atoms with E-state index < -0.39 is 0 Å². The van der Waals surface area contributed by atoms with E-state index in [-0.39, 0.29) is 0 Å². The highest BCUT2D eigenvalue weighted by molar-refractivity contribution is 6.40. The number of likely N-dealkylation sites (N-methyl/N-ethyl adjacent to an activating group) is 1. The molecular weight excluding hydrogens is 198 g/mol. The maximum Gasteiger partial charge on any atom is 0.0390 e. The quantitative estimate of drug-likeness (QED) is 0.650. The summed E-state index contributed by atoms with van der Waals surface area (Å²) in [6.07, 6.45) is 1.24. The van der Waals surface area contributed by atoms with Crippen LogP contribution in [-0.2, 0) is 13.0 Å². The Morgan fingerprint density at radius 1 is 1.27 bits per heavy atom. The first-order valence-corrected chi connectivity index (χ1v) is 7.25. The summed E-state index contributed by atoms with van der Waals surface area (Å²) >= 11 is 0. The summed E-state index contributed by atoms with van der Waals surface area (Å²) in [6, 6.07) is 10.1. The number of fused-ring (bicyclic) bond motifs is 1. The van der Waals surface area contributed by atoms with Crippen LogP contribution in [0.5, 0.6) is 0 Å². The molecule has 2 aliphatic heterocycles. The Hall–Kier alpha value is -0.603. The largest absolute Gasteiger partial charge is 0.302 e. The molecule has 15 heavy (non-hydrogen) atoms. The first kappa shape index (κ1) is 9.61. The lowest BCUT2D eigenvalue weighted by atomic mass is 9.93. The highest BCUT2D eigenvalue weighted by atomic mass is 28.2. The van der Waals surface area contributed by atoms with E-state index in [2.05, 4.69) is 30.1 Å². The first-order chi connectivity index (χ1) is 7.33. The van der Waals surface area contributed by atoms with Crippen LogP contribution in [0.3, 0.4) is 0 Å². The van der Waals surface area contributed by atoms with Crippen LogP contribution in [0, 0.1) is 0 Å². The van der Waals surface area contributed by atoms with Crippen molar-refractivity contribution in [3.8, 4) is 0 Å². The van der Waals surface area contributed by atoms with Gasteiger partial charge in [0.1, 0.15) is 0 Å². The number of benzene rings is 1. The molecule has 0 N–H and O–H groups in total. The van der Waals surface area contributed by atoms with Gasteiger partial charge < -0.3 is 4.90 Å². The van der Waals surface area contributed by atoms with Crippen molar-refractivity contribution >= 4 is 9.52 Å². The van der Waals surface area contributed by atoms with Gasteiger partial charge in [-0.2, -0.15) is 0 Å². The van der Waals surface area contributed by atoms with Gasteiger partial charge in [-0.1, -0.05) is 30.3 Å². The van der Waals surface area contributed by atoms with Crippen molar-refractivity contribution in [1.29, 1.82) is 0 Å². The van der Waals surface area contributed by atoms with Gasteiger partial charge in [-0.3, -0.25) is 0 Å². The highest BCUT2D eigenvalue weighted by Gasteiger charge is 2.21. The summed E-state index contributed by atoms with van der Waals surface area (Å²) in [5, 5.41) is 0. The number of rotatable bonds is 1. The predicted octanol–water partition coefficient (Wildman–Crippen LogP) is 2.31. The van der Waals surface area contributed by atoms with Crippen molar-refractivity contribution in [3.05, 3.63) is 34.9 Å². The highest BCUT2D eigenvalue weighted by Crippen LogP contribution is 2.34. The Morgan fingerprint density at radius 2 is 2.13 bits per heavy atom. The summed E-state index contributed by atoms with van der Waals surface area (Å²) in [5.41, 5.74) is 4.77. The maximum atomic E-state index is 2.48. The molecule has 1 saturated heterocycles. The zero-order chi connectivity index (χ0) is 10.3. The van der Waals surface area contributed by atoms with Crippen LogP contribution in [0.2, 0.25) is 12.1 Å². The fourth-order valence-electron chi connectivity index (χ4n) is 2.49. The summed E-state index contributed by atoms with van der Waals surface area (Å²) in [6.45, 7) is 2.37. The van der Waals surface area contributed by atoms with Crippen LogP contribution in [-0.4, -0.2) is 28.0 Å². The van der Waals surface area contributed by atoms with Gasteiger partial charge in [0, 0.05) is 22.6 Å². The molecule has 0 bridgehead atoms. The lowest BCUT2D eigenvalue weighted by Crippen LogP contribution is -2.27. The first-order valence-electron chi connectivity index (χ1n) is 5.84. The second-order valence-corrected chi connectivity index (χ2v) is 6.19. The minimum atomic E-state index is 0.897. The zero-order valence-electron chi connectivity index (χ0n) is 9.29. The van der Waals surface area contributed by atoms with E-state index in [1.165, 1.54) is 34.6 Å². The minimum Gasteiger partial charge on any atom is -0.302 e. The van der Waals surface area contributed by atoms with Gasteiger partial charge in [-0.15, -0.1) is 0 Å². The van der Waals surface area contributed by atoms with Gasteiger partial charge in [0.15, 0.2) is 0 Å². The van der Waals surface area contributed by atoms with Gasteiger partial charge >= 0.3 is 0 Å². The second kappa shape index (κ2) is 3.76. The molecule has 1 fully saturated rings. The van der Waals surface area contributed by atoms with E-state index in [9.17, 15) is 0 Å². The molecule has 0 amide bonds. The number of nitrogens with zero attached hydrogens (tertiary/aromatic N) is 1. The topological polar surface area (TPSA) is 3.24 Å². The molecule has 0 aromatic heterocycles. The fourth-order valence-corrected chi connectivity index (χ4v) is 3.54. The van der Waals surface area contributed by atoms with E-state index in [4.69, 9.17) is 0 Å². The molecular formula is C13H17NSi. The van der Waals surface area contributed by atoms with E-state index >= 15 is 0 Å². The summed E-state index contributed by atoms with van der Waals surface area (Å²) in [7, 11) is 3.44. The van der Waals surface area contributed by atoms with Crippen LogP contribution in [0.15, 0.2) is 18.2 Å². The summed E-state index contributed by atoms with van der Waals surface area (Å²) in [4.78, 5) is 2.41. The van der Waals surface area contributed by atoms with Gasteiger partial charge in [0.05, 0.1) is 0 Å². The van der Waals surface area contributed by atoms with E-state index in [1.54, 1.807) is 16.7 Å². The molecule has 2 heteroatoms. The third-order valence-electron chi connectivity index (χ3n) is 3.69. The Bertz CT molecular complexity index is 371. The molecule has 0 spiro atoms. The van der Waals surface area contributed by atoms with Crippen molar-refractivity contribution in [2.75, 3.05) is 13.6 Å². The van der Waals surface area contributed by atoms with E-state index in [0.29, 0.717) is 0 Å². The van der Waals surface area contributed by atoms with Crippen LogP contribution >= 0.6 is 0 Å². The Morgan fingerprint density at radius 3 is 2.87 bits per heavy atom. The molecule has 0 atom stereocenters. The van der Waals surface area contributed by atoms with Crippen LogP contribution in [0.1, 0.15) is 22.6 Å². The molecule has 3 rings (SSSR count). The smallest absolute Gasteiger partial charge is 0.0390 e. The van der Waals surface area contributed by atoms with E-state index in [1.807, 2.05) is 0 Å². The maximum absolute atomic E-state index is 2.48. The van der Waals surface area contributed by atoms with Crippen molar-refractivity contribution < 1.29 is 0 Å². The van der Waals surface area contributed by atoms with Gasteiger partial charge in [0.25, 0.3) is 0 Å². The SMILES string of the molecule is CN1CCc2cc(C3C[Si]C3)ccc2C1. The van der Waals surface area contributed by atoms with E-state index in [0.717, 1.165) is 12.5 Å². The van der Waals surface area contributed by atoms with Gasteiger partial charge in [-0.05, 0) is 36.1 Å². The second-order valence-electron chi connectivity index (χ2n) is 4.87. The fraction of sp³-hybridized carbons (Fsp3) is 0.538. The zero-order valence-corrected chi connectivity index (χ0v) is 10.3. The van der Waals surface area contributed by atoms with Gasteiger partial charge in [0.2, 0.25) is 0 Å². The van der Waals surface area contributed by atoms with Crippen molar-refractivity contribution in [2.45, 2.75) is 31.0 Å². The molecule has 1 aromatic carbocycles. The number of hydrogen-bond acceptors (Lipinski definition) is 1. The molecule has 1 nitrogen and oxygen atoms in total. The van der Waals surface area contributed by atoms with Crippen molar-refractivity contribution in [3.63, 3.8) is 0 Å². The summed E-state index contributed by atoms with van der Waals surface area (Å²) in [5.74, 6) is 0.897. The van der Waals surface area contributed by atoms with Crippen molar-refractivity contribution in [2.24, 2.45) is 0 Å².